The van der Waals surface area contributed by atoms with Gasteiger partial charge in [0.25, 0.3) is 0 Å². The number of esters is 1. The second kappa shape index (κ2) is 11.1. The zero-order valence-corrected chi connectivity index (χ0v) is 22.1. The summed E-state index contributed by atoms with van der Waals surface area (Å²) in [6.07, 6.45) is 1.44. The van der Waals surface area contributed by atoms with Gasteiger partial charge in [0.15, 0.2) is 5.11 Å². The van der Waals surface area contributed by atoms with Crippen LogP contribution in [0.4, 0.5) is 5.69 Å². The molecule has 0 aromatic heterocycles. The van der Waals surface area contributed by atoms with E-state index in [9.17, 15) is 9.59 Å². The second-order valence-corrected chi connectivity index (χ2v) is 11.1. The zero-order chi connectivity index (χ0) is 24.9. The highest BCUT2D eigenvalue weighted by Gasteiger charge is 2.33. The van der Waals surface area contributed by atoms with Gasteiger partial charge in [0.05, 0.1) is 18.2 Å². The molecule has 2 unspecified atom stereocenters. The highest BCUT2D eigenvalue weighted by Crippen LogP contribution is 2.32. The van der Waals surface area contributed by atoms with Crippen molar-refractivity contribution in [2.75, 3.05) is 19.0 Å². The molecule has 0 spiro atoms. The summed E-state index contributed by atoms with van der Waals surface area (Å²) < 4.78 is 5.55. The first-order valence-electron chi connectivity index (χ1n) is 11.6. The normalized spacial score (nSPS) is 17.7. The fraction of sp³-hybridized carbons (Fsp3) is 0.577. The Morgan fingerprint density at radius 1 is 1.24 bits per heavy atom. The molecule has 2 atom stereocenters. The highest BCUT2D eigenvalue weighted by atomic mass is 32.1. The Morgan fingerprint density at radius 2 is 1.91 bits per heavy atom. The molecule has 182 valence electrons. The lowest BCUT2D eigenvalue weighted by Gasteiger charge is -2.35. The van der Waals surface area contributed by atoms with Gasteiger partial charge < -0.3 is 20.3 Å². The number of anilines is 1. The van der Waals surface area contributed by atoms with Crippen LogP contribution in [0.15, 0.2) is 35.5 Å². The van der Waals surface area contributed by atoms with Crippen LogP contribution in [-0.2, 0) is 14.3 Å². The van der Waals surface area contributed by atoms with Crippen LogP contribution in [-0.4, -0.2) is 35.5 Å². The second-order valence-electron chi connectivity index (χ2n) is 10.7. The molecule has 2 N–H and O–H groups in total. The van der Waals surface area contributed by atoms with Crippen LogP contribution in [0.25, 0.3) is 0 Å². The summed E-state index contributed by atoms with van der Waals surface area (Å²) in [5.41, 5.74) is 2.99. The predicted molar refractivity (Wildman–Crippen MR) is 138 cm³/mol. The van der Waals surface area contributed by atoms with Gasteiger partial charge in [-0.25, -0.2) is 4.79 Å². The molecular formula is C26H39N3O3S. The van der Waals surface area contributed by atoms with Crippen LogP contribution in [0.2, 0.25) is 0 Å². The fourth-order valence-corrected chi connectivity index (χ4v) is 4.37. The number of nitrogens with one attached hydrogen (secondary N) is 2. The fourth-order valence-electron chi connectivity index (χ4n) is 4.11. The van der Waals surface area contributed by atoms with E-state index in [1.165, 1.54) is 0 Å². The number of rotatable bonds is 8. The van der Waals surface area contributed by atoms with E-state index in [2.05, 4.69) is 38.3 Å². The molecule has 1 aliphatic heterocycles. The largest absolute Gasteiger partial charge is 0.462 e. The lowest BCUT2D eigenvalue weighted by molar-refractivity contribution is -0.140. The van der Waals surface area contributed by atoms with Crippen molar-refractivity contribution in [3.8, 4) is 0 Å². The van der Waals surface area contributed by atoms with E-state index in [0.29, 0.717) is 29.4 Å². The Bertz CT molecular complexity index is 918. The van der Waals surface area contributed by atoms with Crippen molar-refractivity contribution < 1.29 is 14.3 Å². The van der Waals surface area contributed by atoms with Gasteiger partial charge in [0, 0.05) is 24.9 Å². The molecule has 7 heteroatoms. The average molecular weight is 474 g/mol. The smallest absolute Gasteiger partial charge is 0.338 e. The predicted octanol–water partition coefficient (Wildman–Crippen LogP) is 5.42. The quantitative estimate of drug-likeness (QED) is 0.388. The van der Waals surface area contributed by atoms with Crippen molar-refractivity contribution in [2.24, 2.45) is 17.3 Å². The molecule has 0 radical (unpaired) electrons. The number of hydrogen-bond donors (Lipinski definition) is 2. The van der Waals surface area contributed by atoms with E-state index in [0.717, 1.165) is 17.7 Å². The third kappa shape index (κ3) is 7.84. The van der Waals surface area contributed by atoms with Gasteiger partial charge in [-0.05, 0) is 60.5 Å². The molecule has 1 aliphatic rings. The number of thiocarbonyl (C=S) groups is 1. The molecule has 1 aromatic rings. The molecule has 1 heterocycles. The van der Waals surface area contributed by atoms with Crippen molar-refractivity contribution in [3.63, 3.8) is 0 Å². The summed E-state index contributed by atoms with van der Waals surface area (Å²) in [5, 5.41) is 6.80. The van der Waals surface area contributed by atoms with Gasteiger partial charge >= 0.3 is 5.97 Å². The third-order valence-corrected chi connectivity index (χ3v) is 5.91. The van der Waals surface area contributed by atoms with Crippen molar-refractivity contribution >= 4 is 34.9 Å². The first-order chi connectivity index (χ1) is 15.3. The number of carbonyl (C=O) groups excluding carboxylic acids is 2. The number of allylic oxidation sites excluding steroid dienone is 1. The number of carbonyl (C=O) groups is 2. The maximum atomic E-state index is 13.0. The maximum absolute atomic E-state index is 13.0. The molecule has 1 aromatic carbocycles. The van der Waals surface area contributed by atoms with Crippen LogP contribution in [0.1, 0.15) is 72.9 Å². The van der Waals surface area contributed by atoms with E-state index in [1.54, 1.807) is 4.90 Å². The Hall–Kier alpha value is -2.41. The van der Waals surface area contributed by atoms with E-state index >= 15 is 0 Å². The molecule has 1 amide bonds. The van der Waals surface area contributed by atoms with Gasteiger partial charge in [0.2, 0.25) is 5.91 Å². The van der Waals surface area contributed by atoms with Crippen molar-refractivity contribution in [1.29, 1.82) is 0 Å². The summed E-state index contributed by atoms with van der Waals surface area (Å²) in [7, 11) is 1.83. The van der Waals surface area contributed by atoms with Gasteiger partial charge in [-0.15, -0.1) is 0 Å². The summed E-state index contributed by atoms with van der Waals surface area (Å²) in [4.78, 5) is 27.4. The van der Waals surface area contributed by atoms with Crippen LogP contribution in [0.3, 0.4) is 0 Å². The van der Waals surface area contributed by atoms with Crippen molar-refractivity contribution in [2.45, 2.75) is 67.3 Å². The molecule has 2 rings (SSSR count). The van der Waals surface area contributed by atoms with Crippen molar-refractivity contribution in [1.82, 2.24) is 10.2 Å². The van der Waals surface area contributed by atoms with Gasteiger partial charge in [-0.1, -0.05) is 53.7 Å². The number of ether oxygens (including phenoxy) is 1. The van der Waals surface area contributed by atoms with Crippen LogP contribution in [0.5, 0.6) is 0 Å². The maximum Gasteiger partial charge on any atom is 0.338 e. The Labute approximate surface area is 204 Å². The topological polar surface area (TPSA) is 70.7 Å². The summed E-state index contributed by atoms with van der Waals surface area (Å²) >= 11 is 5.48. The molecule has 0 fully saturated rings. The van der Waals surface area contributed by atoms with Gasteiger partial charge in [-0.2, -0.15) is 0 Å². The van der Waals surface area contributed by atoms with Crippen molar-refractivity contribution in [3.05, 3.63) is 41.1 Å². The monoisotopic (exact) mass is 473 g/mol. The number of nitrogens with zero attached hydrogens (tertiary/aromatic N) is 1. The lowest BCUT2D eigenvalue weighted by atomic mass is 9.84. The van der Waals surface area contributed by atoms with Gasteiger partial charge in [0.1, 0.15) is 0 Å². The number of amides is 1. The highest BCUT2D eigenvalue weighted by molar-refractivity contribution is 7.80. The summed E-state index contributed by atoms with van der Waals surface area (Å²) in [5.74, 6) is 0.148. The molecular weight excluding hydrogens is 434 g/mol. The minimum absolute atomic E-state index is 0.0148. The molecule has 0 saturated carbocycles. The van der Waals surface area contributed by atoms with Crippen LogP contribution >= 0.6 is 12.2 Å². The van der Waals surface area contributed by atoms with E-state index in [4.69, 9.17) is 17.0 Å². The number of hydrogen-bond acceptors (Lipinski definition) is 4. The third-order valence-electron chi connectivity index (χ3n) is 5.52. The first kappa shape index (κ1) is 26.8. The summed E-state index contributed by atoms with van der Waals surface area (Å²) in [6, 6.07) is 7.09. The molecule has 0 bridgehead atoms. The average Bonchev–Trinajstić information content (AvgIpc) is 2.68. The Kier molecular flexibility index (Phi) is 9.06. The molecule has 0 saturated heterocycles. The molecule has 0 aliphatic carbocycles. The van der Waals surface area contributed by atoms with Crippen LogP contribution in [0, 0.1) is 17.3 Å². The van der Waals surface area contributed by atoms with E-state index in [-0.39, 0.29) is 29.1 Å². The van der Waals surface area contributed by atoms with Crippen LogP contribution < -0.4 is 10.6 Å². The van der Waals surface area contributed by atoms with Gasteiger partial charge in [-0.3, -0.25) is 4.79 Å². The first-order valence-corrected chi connectivity index (χ1v) is 12.0. The lowest BCUT2D eigenvalue weighted by Crippen LogP contribution is -2.46. The number of benzene rings is 1. The molecule has 6 nitrogen and oxygen atoms in total. The molecule has 33 heavy (non-hydrogen) atoms. The van der Waals surface area contributed by atoms with E-state index in [1.807, 2.05) is 52.1 Å². The Balaban J connectivity index is 2.24. The minimum atomic E-state index is -0.454. The minimum Gasteiger partial charge on any atom is -0.462 e. The zero-order valence-electron chi connectivity index (χ0n) is 21.2. The summed E-state index contributed by atoms with van der Waals surface area (Å²) in [6.45, 7) is 14.9. The SMILES string of the molecule is CC1=C(C(=O)OCC(C)C)C(c2cccc(NC(=O)CC(C)CC(C)(C)C)c2)NC(=S)N1C. The Morgan fingerprint density at radius 3 is 2.52 bits per heavy atom. The van der Waals surface area contributed by atoms with E-state index < -0.39 is 6.04 Å². The standard InChI is InChI=1S/C26H39N3O3S/c1-16(2)15-32-24(31)22-18(4)29(8)25(33)28-23(22)19-10-9-11-20(13-19)27-21(30)12-17(3)14-26(5,6)7/h9-11,13,16-17,23H,12,14-15H2,1-8H3,(H,27,30)(H,28,33).